The van der Waals surface area contributed by atoms with Gasteiger partial charge in [-0.2, -0.15) is 5.10 Å². The molecule has 166 valence electrons. The molecule has 0 bridgehead atoms. The maximum atomic E-state index is 5.15. The lowest BCUT2D eigenvalue weighted by Crippen LogP contribution is -2.47. The van der Waals surface area contributed by atoms with Crippen LogP contribution in [0, 0.1) is 0 Å². The minimum absolute atomic E-state index is 0. The number of fused-ring (bicyclic) bond motifs is 2. The highest BCUT2D eigenvalue weighted by Crippen LogP contribution is 2.16. The predicted octanol–water partition coefficient (Wildman–Crippen LogP) is 2.70. The molecule has 9 heteroatoms. The van der Waals surface area contributed by atoms with Gasteiger partial charge in [-0.3, -0.25) is 9.98 Å². The summed E-state index contributed by atoms with van der Waals surface area (Å²) in [5.74, 6) is 2.62. The second-order valence-electron chi connectivity index (χ2n) is 7.44. The van der Waals surface area contributed by atoms with Gasteiger partial charge >= 0.3 is 0 Å². The van der Waals surface area contributed by atoms with E-state index in [1.165, 1.54) is 10.9 Å². The zero-order chi connectivity index (χ0) is 20.8. The molecule has 1 aliphatic rings. The molecule has 1 atom stereocenters. The molecule has 8 nitrogen and oxygen atoms in total. The van der Waals surface area contributed by atoms with E-state index in [4.69, 9.17) is 9.73 Å². The number of pyridine rings is 1. The van der Waals surface area contributed by atoms with Crippen molar-refractivity contribution in [3.63, 3.8) is 0 Å². The van der Waals surface area contributed by atoms with Crippen molar-refractivity contribution >= 4 is 40.8 Å². The van der Waals surface area contributed by atoms with Gasteiger partial charge in [0.15, 0.2) is 11.8 Å². The summed E-state index contributed by atoms with van der Waals surface area (Å²) in [5, 5.41) is 12.6. The Hall–Kier alpha value is -2.27. The van der Waals surface area contributed by atoms with Crippen molar-refractivity contribution in [1.29, 1.82) is 0 Å². The number of aromatic nitrogens is 4. The molecule has 0 radical (unpaired) electrons. The van der Waals surface area contributed by atoms with Crippen LogP contribution < -0.4 is 10.6 Å². The molecule has 0 spiro atoms. The fraction of sp³-hybridized carbons (Fsp3) is 0.455. The van der Waals surface area contributed by atoms with Crippen molar-refractivity contribution in [2.24, 2.45) is 4.99 Å². The topological polar surface area (TPSA) is 89.2 Å². The summed E-state index contributed by atoms with van der Waals surface area (Å²) in [7, 11) is 1.66. The average molecular weight is 535 g/mol. The Morgan fingerprint density at radius 2 is 2.16 bits per heavy atom. The monoisotopic (exact) mass is 535 g/mol. The summed E-state index contributed by atoms with van der Waals surface area (Å²) in [6.07, 6.45) is 4.60. The number of ether oxygens (including phenoxy) is 1. The Balaban J connectivity index is 0.00000272. The molecule has 0 amide bonds. The number of nitrogens with zero attached hydrogens (tertiary/aromatic N) is 5. The van der Waals surface area contributed by atoms with E-state index in [0.717, 1.165) is 55.5 Å². The third-order valence-electron chi connectivity index (χ3n) is 5.23. The van der Waals surface area contributed by atoms with Crippen molar-refractivity contribution in [2.75, 3.05) is 20.2 Å². The third-order valence-corrected chi connectivity index (χ3v) is 5.23. The Labute approximate surface area is 199 Å². The molecule has 0 saturated heterocycles. The summed E-state index contributed by atoms with van der Waals surface area (Å²) >= 11 is 0. The van der Waals surface area contributed by atoms with Crippen LogP contribution in [0.5, 0.6) is 0 Å². The first-order valence-electron chi connectivity index (χ1n) is 10.6. The van der Waals surface area contributed by atoms with Gasteiger partial charge in [-0.05, 0) is 31.4 Å². The largest absolute Gasteiger partial charge is 0.377 e. The summed E-state index contributed by atoms with van der Waals surface area (Å²) in [4.78, 5) is 13.9. The molecule has 1 aromatic carbocycles. The Bertz CT molecular complexity index is 1010. The first kappa shape index (κ1) is 23.4. The number of hydrogen-bond donors (Lipinski definition) is 2. The van der Waals surface area contributed by atoms with Gasteiger partial charge in [0.2, 0.25) is 0 Å². The van der Waals surface area contributed by atoms with Crippen molar-refractivity contribution in [3.05, 3.63) is 53.7 Å². The minimum atomic E-state index is 0. The molecule has 3 heterocycles. The Morgan fingerprint density at radius 1 is 1.29 bits per heavy atom. The Kier molecular flexibility index (Phi) is 8.59. The number of aliphatic imine (C=N–C) groups is 1. The van der Waals surface area contributed by atoms with Crippen molar-refractivity contribution in [2.45, 2.75) is 45.4 Å². The molecule has 1 aliphatic heterocycles. The number of hydrogen-bond acceptors (Lipinski definition) is 5. The van der Waals surface area contributed by atoms with Gasteiger partial charge in [-0.25, -0.2) is 9.67 Å². The van der Waals surface area contributed by atoms with Crippen LogP contribution in [0.15, 0.2) is 41.5 Å². The average Bonchev–Trinajstić information content (AvgIpc) is 3.16. The van der Waals surface area contributed by atoms with E-state index in [1.807, 2.05) is 16.9 Å². The van der Waals surface area contributed by atoms with E-state index in [9.17, 15) is 0 Å². The standard InChI is InChI=1S/C22H29N7O.HI/c1-3-23-22(25-13-11-17-7-4-6-16-8-5-12-24-21(16)17)26-18-9-10-20-27-19(15-30-2)28-29(20)14-18;/h4-8,12,18H,3,9-11,13-15H2,1-2H3,(H2,23,25,26);1H. The molecular formula is C22H30IN7O. The third kappa shape index (κ3) is 5.91. The van der Waals surface area contributed by atoms with E-state index < -0.39 is 0 Å². The van der Waals surface area contributed by atoms with E-state index in [-0.39, 0.29) is 30.0 Å². The van der Waals surface area contributed by atoms with Crippen LogP contribution in [-0.2, 0) is 30.7 Å². The second-order valence-corrected chi connectivity index (χ2v) is 7.44. The van der Waals surface area contributed by atoms with Gasteiger partial charge in [0.1, 0.15) is 12.4 Å². The van der Waals surface area contributed by atoms with E-state index >= 15 is 0 Å². The lowest BCUT2D eigenvalue weighted by molar-refractivity contribution is 0.177. The van der Waals surface area contributed by atoms with Gasteiger partial charge < -0.3 is 15.4 Å². The Morgan fingerprint density at radius 3 is 3.00 bits per heavy atom. The van der Waals surface area contributed by atoms with Crippen LogP contribution in [0.25, 0.3) is 10.9 Å². The highest BCUT2D eigenvalue weighted by atomic mass is 127. The van der Waals surface area contributed by atoms with Crippen molar-refractivity contribution < 1.29 is 4.74 Å². The number of nitrogens with one attached hydrogen (secondary N) is 2. The van der Waals surface area contributed by atoms with Crippen LogP contribution in [0.4, 0.5) is 0 Å². The van der Waals surface area contributed by atoms with Crippen LogP contribution >= 0.6 is 24.0 Å². The number of aryl methyl sites for hydroxylation is 1. The van der Waals surface area contributed by atoms with Crippen molar-refractivity contribution in [3.8, 4) is 0 Å². The summed E-state index contributed by atoms with van der Waals surface area (Å²) in [5.41, 5.74) is 2.29. The van der Waals surface area contributed by atoms with Crippen LogP contribution in [-0.4, -0.2) is 51.9 Å². The second kappa shape index (κ2) is 11.4. The van der Waals surface area contributed by atoms with E-state index in [0.29, 0.717) is 13.2 Å². The van der Waals surface area contributed by atoms with E-state index in [2.05, 4.69) is 56.9 Å². The lowest BCUT2D eigenvalue weighted by atomic mass is 10.1. The van der Waals surface area contributed by atoms with Crippen molar-refractivity contribution in [1.82, 2.24) is 30.4 Å². The zero-order valence-electron chi connectivity index (χ0n) is 18.0. The SMILES string of the molecule is CCNC(=NCCc1cccc2cccnc12)NC1CCc2nc(COC)nn2C1.I. The van der Waals surface area contributed by atoms with Crippen LogP contribution in [0.2, 0.25) is 0 Å². The van der Waals surface area contributed by atoms with Crippen LogP contribution in [0.3, 0.4) is 0 Å². The summed E-state index contributed by atoms with van der Waals surface area (Å²) < 4.78 is 7.14. The molecule has 2 N–H and O–H groups in total. The molecule has 4 rings (SSSR count). The number of rotatable bonds is 7. The number of para-hydroxylation sites is 1. The molecule has 1 unspecified atom stereocenters. The number of halogens is 1. The van der Waals surface area contributed by atoms with Gasteiger partial charge in [0, 0.05) is 44.2 Å². The lowest BCUT2D eigenvalue weighted by Gasteiger charge is -2.25. The maximum absolute atomic E-state index is 5.15. The first-order valence-corrected chi connectivity index (χ1v) is 10.6. The highest BCUT2D eigenvalue weighted by molar-refractivity contribution is 14.0. The number of guanidine groups is 1. The highest BCUT2D eigenvalue weighted by Gasteiger charge is 2.22. The fourth-order valence-electron chi connectivity index (χ4n) is 3.84. The fourth-order valence-corrected chi connectivity index (χ4v) is 3.84. The molecule has 31 heavy (non-hydrogen) atoms. The van der Waals surface area contributed by atoms with Gasteiger partial charge in [0.25, 0.3) is 0 Å². The first-order chi connectivity index (χ1) is 14.8. The normalized spacial score (nSPS) is 15.9. The summed E-state index contributed by atoms with van der Waals surface area (Å²) in [6.45, 7) is 4.83. The van der Waals surface area contributed by atoms with Gasteiger partial charge in [0.05, 0.1) is 12.1 Å². The van der Waals surface area contributed by atoms with Crippen LogP contribution in [0.1, 0.15) is 30.6 Å². The van der Waals surface area contributed by atoms with E-state index in [1.54, 1.807) is 7.11 Å². The molecule has 3 aromatic rings. The molecule has 0 saturated carbocycles. The predicted molar refractivity (Wildman–Crippen MR) is 133 cm³/mol. The minimum Gasteiger partial charge on any atom is -0.377 e. The molecule has 0 fully saturated rings. The van der Waals surface area contributed by atoms with Gasteiger partial charge in [-0.1, -0.05) is 24.3 Å². The number of methoxy groups -OCH3 is 1. The quantitative estimate of drug-likeness (QED) is 0.275. The maximum Gasteiger partial charge on any atom is 0.191 e. The zero-order valence-corrected chi connectivity index (χ0v) is 20.4. The van der Waals surface area contributed by atoms with Gasteiger partial charge in [-0.15, -0.1) is 24.0 Å². The smallest absolute Gasteiger partial charge is 0.191 e. The molecule has 0 aliphatic carbocycles. The molecular weight excluding hydrogens is 505 g/mol. The summed E-state index contributed by atoms with van der Waals surface area (Å²) in [6, 6.07) is 10.7. The molecule has 2 aromatic heterocycles. The number of benzene rings is 1.